The quantitative estimate of drug-likeness (QED) is 0.424. The van der Waals surface area contributed by atoms with Crippen molar-refractivity contribution in [2.24, 2.45) is 7.05 Å². The van der Waals surface area contributed by atoms with Crippen molar-refractivity contribution in [3.05, 3.63) is 96.6 Å². The molecule has 0 radical (unpaired) electrons. The van der Waals surface area contributed by atoms with Gasteiger partial charge in [0.15, 0.2) is 0 Å². The van der Waals surface area contributed by atoms with Crippen LogP contribution in [0.25, 0.3) is 11.1 Å². The molecule has 0 aliphatic rings. The highest BCUT2D eigenvalue weighted by Gasteiger charge is 2.04. The number of nitrogens with zero attached hydrogens (tertiary/aromatic N) is 3. The number of carbonyl (C=O) groups is 1. The minimum atomic E-state index is -0.199. The van der Waals surface area contributed by atoms with Gasteiger partial charge in [0.2, 0.25) is 0 Å². The molecule has 0 aliphatic carbocycles. The van der Waals surface area contributed by atoms with Gasteiger partial charge in [-0.3, -0.25) is 9.67 Å². The molecule has 156 valence electrons. The molecule has 7 nitrogen and oxygen atoms in total. The zero-order chi connectivity index (χ0) is 21.5. The molecule has 0 bridgehead atoms. The molecule has 0 saturated carbocycles. The zero-order valence-corrected chi connectivity index (χ0v) is 17.2. The number of benzene rings is 2. The Bertz CT molecular complexity index is 1120. The average Bonchev–Trinajstić information content (AvgIpc) is 3.24. The lowest BCUT2D eigenvalue weighted by atomic mass is 10.1. The van der Waals surface area contributed by atoms with Crippen LogP contribution in [0, 0.1) is 0 Å². The lowest BCUT2D eigenvalue weighted by molar-refractivity contribution is 0.240. The van der Waals surface area contributed by atoms with Gasteiger partial charge in [-0.2, -0.15) is 5.10 Å². The predicted molar refractivity (Wildman–Crippen MR) is 122 cm³/mol. The summed E-state index contributed by atoms with van der Waals surface area (Å²) >= 11 is 0. The molecule has 2 heterocycles. The molecule has 2 amide bonds. The van der Waals surface area contributed by atoms with E-state index in [1.54, 1.807) is 17.1 Å². The molecule has 31 heavy (non-hydrogen) atoms. The van der Waals surface area contributed by atoms with E-state index in [2.05, 4.69) is 26.0 Å². The van der Waals surface area contributed by atoms with E-state index in [0.717, 1.165) is 33.6 Å². The SMILES string of the molecule is Cn1cc(-c2ccc(CNC(=O)NCc3ccc(Nc4ccncc4)cc3)cc2)cn1. The van der Waals surface area contributed by atoms with Crippen LogP contribution in [-0.2, 0) is 20.1 Å². The van der Waals surface area contributed by atoms with Crippen LogP contribution in [0.3, 0.4) is 0 Å². The van der Waals surface area contributed by atoms with Gasteiger partial charge < -0.3 is 16.0 Å². The summed E-state index contributed by atoms with van der Waals surface area (Å²) in [7, 11) is 1.90. The number of nitrogens with one attached hydrogen (secondary N) is 3. The molecule has 2 aromatic carbocycles. The molecule has 0 unspecified atom stereocenters. The van der Waals surface area contributed by atoms with Crippen molar-refractivity contribution < 1.29 is 4.79 Å². The molecular formula is C24H24N6O. The first-order valence-electron chi connectivity index (χ1n) is 10.0. The number of aromatic nitrogens is 3. The minimum absolute atomic E-state index is 0.199. The number of anilines is 2. The van der Waals surface area contributed by atoms with Gasteiger partial charge in [-0.05, 0) is 41.0 Å². The summed E-state index contributed by atoms with van der Waals surface area (Å²) in [6, 6.07) is 19.7. The number of rotatable bonds is 7. The van der Waals surface area contributed by atoms with E-state index in [1.807, 2.05) is 80.1 Å². The van der Waals surface area contributed by atoms with Crippen molar-refractivity contribution in [1.82, 2.24) is 25.4 Å². The first kappa shape index (κ1) is 20.2. The van der Waals surface area contributed by atoms with Crippen LogP contribution in [0.15, 0.2) is 85.5 Å². The van der Waals surface area contributed by atoms with Crippen molar-refractivity contribution in [1.29, 1.82) is 0 Å². The van der Waals surface area contributed by atoms with Crippen LogP contribution in [0.1, 0.15) is 11.1 Å². The number of carbonyl (C=O) groups excluding carboxylic acids is 1. The fraction of sp³-hybridized carbons (Fsp3) is 0.125. The van der Waals surface area contributed by atoms with Crippen LogP contribution in [0.4, 0.5) is 16.2 Å². The lowest BCUT2D eigenvalue weighted by Gasteiger charge is -2.10. The van der Waals surface area contributed by atoms with Crippen molar-refractivity contribution in [2.75, 3.05) is 5.32 Å². The summed E-state index contributed by atoms with van der Waals surface area (Å²) in [4.78, 5) is 16.1. The minimum Gasteiger partial charge on any atom is -0.355 e. The van der Waals surface area contributed by atoms with Crippen molar-refractivity contribution >= 4 is 17.4 Å². The normalized spacial score (nSPS) is 10.5. The van der Waals surface area contributed by atoms with Crippen LogP contribution in [0.2, 0.25) is 0 Å². The lowest BCUT2D eigenvalue weighted by Crippen LogP contribution is -2.34. The number of pyridine rings is 1. The van der Waals surface area contributed by atoms with Crippen molar-refractivity contribution in [2.45, 2.75) is 13.1 Å². The monoisotopic (exact) mass is 412 g/mol. The van der Waals surface area contributed by atoms with Gasteiger partial charge in [0.25, 0.3) is 0 Å². The van der Waals surface area contributed by atoms with E-state index in [1.165, 1.54) is 0 Å². The maximum atomic E-state index is 12.1. The second-order valence-corrected chi connectivity index (χ2v) is 7.19. The van der Waals surface area contributed by atoms with Gasteiger partial charge in [-0.25, -0.2) is 4.79 Å². The maximum absolute atomic E-state index is 12.1. The summed E-state index contributed by atoms with van der Waals surface area (Å²) < 4.78 is 1.78. The highest BCUT2D eigenvalue weighted by Crippen LogP contribution is 2.19. The molecule has 0 aliphatic heterocycles. The topological polar surface area (TPSA) is 83.9 Å². The smallest absolute Gasteiger partial charge is 0.315 e. The molecule has 4 aromatic rings. The number of amides is 2. The molecule has 3 N–H and O–H groups in total. The Morgan fingerprint density at radius 2 is 1.39 bits per heavy atom. The van der Waals surface area contributed by atoms with Crippen LogP contribution >= 0.6 is 0 Å². The van der Waals surface area contributed by atoms with E-state index in [-0.39, 0.29) is 6.03 Å². The van der Waals surface area contributed by atoms with E-state index >= 15 is 0 Å². The van der Waals surface area contributed by atoms with E-state index < -0.39 is 0 Å². The maximum Gasteiger partial charge on any atom is 0.315 e. The largest absolute Gasteiger partial charge is 0.355 e. The number of urea groups is 1. The van der Waals surface area contributed by atoms with E-state index in [9.17, 15) is 4.79 Å². The Kier molecular flexibility index (Phi) is 6.23. The fourth-order valence-electron chi connectivity index (χ4n) is 3.12. The standard InChI is InChI=1S/C24H24N6O/c1-30-17-21(16-28-30)20-6-2-18(3-7-20)14-26-24(31)27-15-19-4-8-22(9-5-19)29-23-10-12-25-13-11-23/h2-13,16-17H,14-15H2,1H3,(H,25,29)(H2,26,27,31). The van der Waals surface area contributed by atoms with E-state index in [4.69, 9.17) is 0 Å². The summed E-state index contributed by atoms with van der Waals surface area (Å²) in [5.41, 5.74) is 6.19. The van der Waals surface area contributed by atoms with Gasteiger partial charge >= 0.3 is 6.03 Å². The third kappa shape index (κ3) is 5.70. The Labute approximate surface area is 181 Å². The Morgan fingerprint density at radius 1 is 0.806 bits per heavy atom. The van der Waals surface area contributed by atoms with Crippen molar-refractivity contribution in [3.63, 3.8) is 0 Å². The first-order chi connectivity index (χ1) is 15.2. The van der Waals surface area contributed by atoms with Gasteiger partial charge in [0, 0.05) is 55.7 Å². The molecule has 0 spiro atoms. The van der Waals surface area contributed by atoms with Gasteiger partial charge in [-0.15, -0.1) is 0 Å². The molecular weight excluding hydrogens is 388 g/mol. The fourth-order valence-corrected chi connectivity index (χ4v) is 3.12. The van der Waals surface area contributed by atoms with Crippen molar-refractivity contribution in [3.8, 4) is 11.1 Å². The number of aryl methyl sites for hydroxylation is 1. The number of hydrogen-bond acceptors (Lipinski definition) is 4. The Morgan fingerprint density at radius 3 is 1.97 bits per heavy atom. The highest BCUT2D eigenvalue weighted by atomic mass is 16.2. The molecule has 4 rings (SSSR count). The average molecular weight is 412 g/mol. The molecule has 0 saturated heterocycles. The van der Waals surface area contributed by atoms with Gasteiger partial charge in [0.05, 0.1) is 6.20 Å². The summed E-state index contributed by atoms with van der Waals surface area (Å²) in [6.07, 6.45) is 7.30. The molecule has 7 heteroatoms. The highest BCUT2D eigenvalue weighted by molar-refractivity contribution is 5.74. The second kappa shape index (κ2) is 9.58. The summed E-state index contributed by atoms with van der Waals surface area (Å²) in [5, 5.41) is 13.3. The number of hydrogen-bond donors (Lipinski definition) is 3. The first-order valence-corrected chi connectivity index (χ1v) is 10.0. The molecule has 0 atom stereocenters. The van der Waals surface area contributed by atoms with Gasteiger partial charge in [0.1, 0.15) is 0 Å². The molecule has 0 fully saturated rings. The predicted octanol–water partition coefficient (Wildman–Crippen LogP) is 4.23. The third-order valence-electron chi connectivity index (χ3n) is 4.82. The van der Waals surface area contributed by atoms with Crippen LogP contribution in [0.5, 0.6) is 0 Å². The zero-order valence-electron chi connectivity index (χ0n) is 17.2. The van der Waals surface area contributed by atoms with E-state index in [0.29, 0.717) is 13.1 Å². The Balaban J connectivity index is 1.22. The van der Waals surface area contributed by atoms with Crippen LogP contribution < -0.4 is 16.0 Å². The Hall–Kier alpha value is -4.13. The molecule has 2 aromatic heterocycles. The summed E-state index contributed by atoms with van der Waals surface area (Å²) in [5.74, 6) is 0. The second-order valence-electron chi connectivity index (χ2n) is 7.19. The summed E-state index contributed by atoms with van der Waals surface area (Å²) in [6.45, 7) is 0.926. The third-order valence-corrected chi connectivity index (χ3v) is 4.82. The van der Waals surface area contributed by atoms with Crippen LogP contribution in [-0.4, -0.2) is 20.8 Å². The van der Waals surface area contributed by atoms with Gasteiger partial charge in [-0.1, -0.05) is 36.4 Å².